The summed E-state index contributed by atoms with van der Waals surface area (Å²) in [6, 6.07) is 0. The van der Waals surface area contributed by atoms with Gasteiger partial charge in [0.15, 0.2) is 5.78 Å². The van der Waals surface area contributed by atoms with Crippen molar-refractivity contribution < 1.29 is 19.8 Å². The van der Waals surface area contributed by atoms with Gasteiger partial charge in [-0.1, -0.05) is 114 Å². The van der Waals surface area contributed by atoms with Crippen LogP contribution in [0.5, 0.6) is 0 Å². The van der Waals surface area contributed by atoms with Crippen LogP contribution in [0, 0.1) is 17.3 Å². The third-order valence-corrected chi connectivity index (χ3v) is 7.67. The van der Waals surface area contributed by atoms with Gasteiger partial charge in [-0.2, -0.15) is 0 Å². The Morgan fingerprint density at radius 3 is 1.98 bits per heavy atom. The van der Waals surface area contributed by atoms with Crippen LogP contribution in [0.25, 0.3) is 0 Å². The fraction of sp³-hybridized carbons (Fsp3) is 0.450. The Labute approximate surface area is 267 Å². The second-order valence-corrected chi connectivity index (χ2v) is 12.9. The topological polar surface area (TPSA) is 74.6 Å². The molecule has 0 aromatic carbocycles. The van der Waals surface area contributed by atoms with Crippen LogP contribution in [0.2, 0.25) is 0 Å². The standard InChI is InChI=1S/C40H54O4/c1-28(17-13-18-30(3)21-22-38-34(7)24-37(43)27-40(38,9)10)15-11-12-16-29(2)19-14-20-31(4)39(44)25-33(6)32(5)23-36(42)26-35(8)41/h11-20,36-37,42-43H,23-27H2,1-10H3/b12-11+,17-13+,19-14+,28-15+,29-16+,30-18+,31-20+,33-32+/t36-,37+/m0/s1. The molecule has 1 aliphatic rings. The van der Waals surface area contributed by atoms with Crippen molar-refractivity contribution in [3.8, 4) is 11.8 Å². The molecule has 0 unspecified atom stereocenters. The first-order valence-corrected chi connectivity index (χ1v) is 15.5. The first kappa shape index (κ1) is 38.5. The van der Waals surface area contributed by atoms with E-state index in [1.807, 2.05) is 96.2 Å². The Morgan fingerprint density at radius 2 is 1.43 bits per heavy atom. The molecule has 0 heterocycles. The molecule has 0 bridgehead atoms. The maximum Gasteiger partial charge on any atom is 0.162 e. The molecule has 0 spiro atoms. The summed E-state index contributed by atoms with van der Waals surface area (Å²) in [7, 11) is 0. The molecule has 0 radical (unpaired) electrons. The minimum atomic E-state index is -0.701. The molecule has 0 aromatic rings. The Hall–Kier alpha value is -3.52. The van der Waals surface area contributed by atoms with Crippen LogP contribution in [0.4, 0.5) is 0 Å². The minimum absolute atomic E-state index is 0.0414. The average molecular weight is 599 g/mol. The number of carbonyl (C=O) groups is 2. The fourth-order valence-electron chi connectivity index (χ4n) is 5.05. The van der Waals surface area contributed by atoms with E-state index in [4.69, 9.17) is 0 Å². The average Bonchev–Trinajstić information content (AvgIpc) is 2.89. The van der Waals surface area contributed by atoms with Crippen molar-refractivity contribution in [3.63, 3.8) is 0 Å². The Bertz CT molecular complexity index is 1380. The summed E-state index contributed by atoms with van der Waals surface area (Å²) in [4.78, 5) is 23.8. The fourth-order valence-corrected chi connectivity index (χ4v) is 5.05. The van der Waals surface area contributed by atoms with Crippen molar-refractivity contribution in [2.45, 2.75) is 114 Å². The van der Waals surface area contributed by atoms with Crippen molar-refractivity contribution in [1.29, 1.82) is 0 Å². The number of Topliss-reactive ketones (excluding diaryl/α,β-unsaturated/α-hetero) is 2. The lowest BCUT2D eigenvalue weighted by Gasteiger charge is -2.34. The predicted octanol–water partition coefficient (Wildman–Crippen LogP) is 8.97. The summed E-state index contributed by atoms with van der Waals surface area (Å²) in [6.45, 7) is 19.5. The Balaban J connectivity index is 2.68. The summed E-state index contributed by atoms with van der Waals surface area (Å²) in [5.41, 5.74) is 7.95. The van der Waals surface area contributed by atoms with Crippen molar-refractivity contribution >= 4 is 11.6 Å². The van der Waals surface area contributed by atoms with E-state index in [0.29, 0.717) is 24.8 Å². The zero-order valence-corrected chi connectivity index (χ0v) is 28.7. The lowest BCUT2D eigenvalue weighted by molar-refractivity contribution is -0.119. The van der Waals surface area contributed by atoms with Gasteiger partial charge in [0.2, 0.25) is 0 Å². The third-order valence-electron chi connectivity index (χ3n) is 7.67. The van der Waals surface area contributed by atoms with E-state index in [0.717, 1.165) is 39.9 Å². The quantitative estimate of drug-likeness (QED) is 0.0960. The van der Waals surface area contributed by atoms with Gasteiger partial charge in [0.1, 0.15) is 5.78 Å². The summed E-state index contributed by atoms with van der Waals surface area (Å²) < 4.78 is 0. The summed E-state index contributed by atoms with van der Waals surface area (Å²) >= 11 is 0. The van der Waals surface area contributed by atoms with E-state index in [-0.39, 0.29) is 29.5 Å². The molecule has 2 N–H and O–H groups in total. The summed E-state index contributed by atoms with van der Waals surface area (Å²) in [6.07, 6.45) is 21.1. The largest absolute Gasteiger partial charge is 0.393 e. The zero-order valence-electron chi connectivity index (χ0n) is 28.7. The molecule has 0 fully saturated rings. The van der Waals surface area contributed by atoms with Crippen LogP contribution >= 0.6 is 0 Å². The minimum Gasteiger partial charge on any atom is -0.393 e. The van der Waals surface area contributed by atoms with E-state index >= 15 is 0 Å². The smallest absolute Gasteiger partial charge is 0.162 e. The maximum absolute atomic E-state index is 12.6. The highest BCUT2D eigenvalue weighted by atomic mass is 16.3. The van der Waals surface area contributed by atoms with Crippen LogP contribution in [-0.4, -0.2) is 34.0 Å². The van der Waals surface area contributed by atoms with Gasteiger partial charge >= 0.3 is 0 Å². The number of rotatable bonds is 13. The summed E-state index contributed by atoms with van der Waals surface area (Å²) in [5.74, 6) is 6.64. The second-order valence-electron chi connectivity index (χ2n) is 12.9. The highest BCUT2D eigenvalue weighted by molar-refractivity contribution is 5.96. The Kier molecular flexibility index (Phi) is 16.6. The van der Waals surface area contributed by atoms with Gasteiger partial charge in [0, 0.05) is 23.8 Å². The van der Waals surface area contributed by atoms with Gasteiger partial charge in [0.05, 0.1) is 12.2 Å². The Morgan fingerprint density at radius 1 is 0.864 bits per heavy atom. The number of hydrogen-bond donors (Lipinski definition) is 2. The molecule has 238 valence electrons. The van der Waals surface area contributed by atoms with Crippen LogP contribution in [0.15, 0.2) is 105 Å². The van der Waals surface area contributed by atoms with Crippen molar-refractivity contribution in [3.05, 3.63) is 105 Å². The molecule has 0 saturated heterocycles. The molecule has 1 aliphatic carbocycles. The van der Waals surface area contributed by atoms with Crippen LogP contribution < -0.4 is 0 Å². The maximum atomic E-state index is 12.6. The van der Waals surface area contributed by atoms with E-state index in [2.05, 4.69) is 38.7 Å². The van der Waals surface area contributed by atoms with E-state index in [1.54, 1.807) is 0 Å². The van der Waals surface area contributed by atoms with E-state index in [1.165, 1.54) is 12.5 Å². The summed E-state index contributed by atoms with van der Waals surface area (Å²) in [5, 5.41) is 20.1. The number of carbonyl (C=O) groups excluding carboxylic acids is 2. The number of aliphatic hydroxyl groups is 2. The molecule has 0 amide bonds. The van der Waals surface area contributed by atoms with Crippen LogP contribution in [-0.2, 0) is 9.59 Å². The van der Waals surface area contributed by atoms with Crippen molar-refractivity contribution in [1.82, 2.24) is 0 Å². The van der Waals surface area contributed by atoms with Crippen LogP contribution in [0.1, 0.15) is 101 Å². The molecule has 0 aromatic heterocycles. The zero-order chi connectivity index (χ0) is 33.4. The van der Waals surface area contributed by atoms with Gasteiger partial charge in [0.25, 0.3) is 0 Å². The van der Waals surface area contributed by atoms with Gasteiger partial charge in [-0.05, 0) is 85.8 Å². The number of allylic oxidation sites excluding steroid dienone is 16. The molecular weight excluding hydrogens is 544 g/mol. The number of aliphatic hydroxyl groups excluding tert-OH is 2. The SMILES string of the molecule is CC(=O)C[C@@H](O)C/C(C)=C(\C)CC(=O)/C(C)=C/C=C/C(C)=C/C=C/C=C(C)/C=C/C=C(\C)C#CC1=C(C)C[C@@H](O)CC1(C)C. The first-order chi connectivity index (χ1) is 20.5. The van der Waals surface area contributed by atoms with Crippen LogP contribution in [0.3, 0.4) is 0 Å². The van der Waals surface area contributed by atoms with Crippen molar-refractivity contribution in [2.75, 3.05) is 0 Å². The number of hydrogen-bond acceptors (Lipinski definition) is 4. The molecular formula is C40H54O4. The van der Waals surface area contributed by atoms with Gasteiger partial charge < -0.3 is 10.2 Å². The number of ketones is 2. The van der Waals surface area contributed by atoms with Crippen molar-refractivity contribution in [2.24, 2.45) is 5.41 Å². The molecule has 44 heavy (non-hydrogen) atoms. The highest BCUT2D eigenvalue weighted by Crippen LogP contribution is 2.39. The van der Waals surface area contributed by atoms with Gasteiger partial charge in [-0.3, -0.25) is 9.59 Å². The van der Waals surface area contributed by atoms with Gasteiger partial charge in [-0.25, -0.2) is 0 Å². The monoisotopic (exact) mass is 598 g/mol. The molecule has 4 heteroatoms. The lowest BCUT2D eigenvalue weighted by atomic mass is 9.72. The van der Waals surface area contributed by atoms with Gasteiger partial charge in [-0.15, -0.1) is 0 Å². The van der Waals surface area contributed by atoms with E-state index < -0.39 is 6.10 Å². The molecule has 0 aliphatic heterocycles. The molecule has 4 nitrogen and oxygen atoms in total. The third kappa shape index (κ3) is 15.3. The van der Waals surface area contributed by atoms with E-state index in [9.17, 15) is 19.8 Å². The second kappa shape index (κ2) is 19.0. The predicted molar refractivity (Wildman–Crippen MR) is 186 cm³/mol. The first-order valence-electron chi connectivity index (χ1n) is 15.5. The molecule has 0 saturated carbocycles. The normalized spacial score (nSPS) is 19.9. The lowest BCUT2D eigenvalue weighted by Crippen LogP contribution is -2.28. The highest BCUT2D eigenvalue weighted by Gasteiger charge is 2.32. The molecule has 2 atom stereocenters. The molecule has 1 rings (SSSR count).